The zero-order valence-electron chi connectivity index (χ0n) is 19.5. The number of aryl methyl sites for hydroxylation is 1. The predicted octanol–water partition coefficient (Wildman–Crippen LogP) is 4.50. The molecule has 34 heavy (non-hydrogen) atoms. The molecule has 0 aliphatic rings. The molecule has 0 atom stereocenters. The second-order valence-corrected chi connectivity index (χ2v) is 7.73. The lowest BCUT2D eigenvalue weighted by atomic mass is 10.2. The van der Waals surface area contributed by atoms with E-state index in [-0.39, 0.29) is 5.91 Å². The van der Waals surface area contributed by atoms with Crippen LogP contribution in [0.3, 0.4) is 0 Å². The second kappa shape index (κ2) is 11.2. The highest BCUT2D eigenvalue weighted by molar-refractivity contribution is 5.96. The molecule has 0 fully saturated rings. The molecule has 7 heteroatoms. The number of imidazole rings is 1. The van der Waals surface area contributed by atoms with E-state index in [1.54, 1.807) is 26.4 Å². The third-order valence-electron chi connectivity index (χ3n) is 5.59. The molecule has 4 rings (SSSR count). The Hall–Kier alpha value is -4.00. The second-order valence-electron chi connectivity index (χ2n) is 7.73. The van der Waals surface area contributed by atoms with Crippen molar-refractivity contribution in [3.05, 3.63) is 84.2 Å². The van der Waals surface area contributed by atoms with Gasteiger partial charge in [-0.05, 0) is 42.8 Å². The van der Waals surface area contributed by atoms with Gasteiger partial charge in [-0.3, -0.25) is 4.79 Å². The lowest BCUT2D eigenvalue weighted by molar-refractivity contribution is 0.0950. The summed E-state index contributed by atoms with van der Waals surface area (Å²) in [6, 6.07) is 22.9. The molecule has 3 aromatic carbocycles. The molecule has 7 nitrogen and oxygen atoms in total. The zero-order chi connectivity index (χ0) is 23.8. The van der Waals surface area contributed by atoms with E-state index in [4.69, 9.17) is 19.2 Å². The van der Waals surface area contributed by atoms with Gasteiger partial charge in [-0.25, -0.2) is 4.98 Å². The van der Waals surface area contributed by atoms with E-state index in [9.17, 15) is 4.79 Å². The number of ether oxygens (including phenoxy) is 3. The van der Waals surface area contributed by atoms with E-state index in [0.29, 0.717) is 36.8 Å². The van der Waals surface area contributed by atoms with Crippen molar-refractivity contribution in [1.29, 1.82) is 0 Å². The van der Waals surface area contributed by atoms with Crippen molar-refractivity contribution in [3.8, 4) is 17.2 Å². The number of fused-ring (bicyclic) bond motifs is 1. The van der Waals surface area contributed by atoms with E-state index in [0.717, 1.165) is 35.4 Å². The summed E-state index contributed by atoms with van der Waals surface area (Å²) < 4.78 is 18.8. The molecule has 0 aliphatic carbocycles. The summed E-state index contributed by atoms with van der Waals surface area (Å²) in [4.78, 5) is 17.4. The lowest BCUT2D eigenvalue weighted by Gasteiger charge is -2.13. The molecular weight excluding hydrogens is 430 g/mol. The van der Waals surface area contributed by atoms with Crippen molar-refractivity contribution in [2.24, 2.45) is 0 Å². The van der Waals surface area contributed by atoms with Crippen molar-refractivity contribution < 1.29 is 19.0 Å². The first-order chi connectivity index (χ1) is 16.7. The summed E-state index contributed by atoms with van der Waals surface area (Å²) in [5, 5.41) is 2.98. The fourth-order valence-electron chi connectivity index (χ4n) is 3.93. The van der Waals surface area contributed by atoms with Gasteiger partial charge in [0.1, 0.15) is 18.2 Å². The molecule has 0 bridgehead atoms. The third-order valence-corrected chi connectivity index (χ3v) is 5.59. The van der Waals surface area contributed by atoms with Crippen molar-refractivity contribution in [1.82, 2.24) is 14.9 Å². The number of nitrogens with zero attached hydrogens (tertiary/aromatic N) is 2. The first-order valence-corrected chi connectivity index (χ1v) is 11.3. The number of nitrogens with one attached hydrogen (secondary N) is 1. The summed E-state index contributed by atoms with van der Waals surface area (Å²) in [5.41, 5.74) is 2.55. The van der Waals surface area contributed by atoms with Crippen LogP contribution in [0.1, 0.15) is 22.6 Å². The lowest BCUT2D eigenvalue weighted by Crippen LogP contribution is -2.25. The Morgan fingerprint density at radius 3 is 2.35 bits per heavy atom. The average Bonchev–Trinajstić information content (AvgIpc) is 3.24. The van der Waals surface area contributed by atoms with Crippen LogP contribution in [0.2, 0.25) is 0 Å². The normalized spacial score (nSPS) is 10.8. The molecule has 1 heterocycles. The van der Waals surface area contributed by atoms with E-state index < -0.39 is 0 Å². The highest BCUT2D eigenvalue weighted by atomic mass is 16.5. The van der Waals surface area contributed by atoms with Crippen LogP contribution < -0.4 is 19.5 Å². The van der Waals surface area contributed by atoms with Crippen molar-refractivity contribution in [2.75, 3.05) is 27.4 Å². The number of rotatable bonds is 11. The van der Waals surface area contributed by atoms with E-state index in [1.165, 1.54) is 0 Å². The van der Waals surface area contributed by atoms with Crippen molar-refractivity contribution in [3.63, 3.8) is 0 Å². The summed E-state index contributed by atoms with van der Waals surface area (Å²) in [6.45, 7) is 1.68. The van der Waals surface area contributed by atoms with Crippen molar-refractivity contribution >= 4 is 16.9 Å². The first kappa shape index (κ1) is 23.2. The van der Waals surface area contributed by atoms with Crippen LogP contribution in [0.25, 0.3) is 11.0 Å². The Morgan fingerprint density at radius 2 is 1.56 bits per heavy atom. The first-order valence-electron chi connectivity index (χ1n) is 11.3. The van der Waals surface area contributed by atoms with Gasteiger partial charge in [-0.1, -0.05) is 36.4 Å². The van der Waals surface area contributed by atoms with E-state index >= 15 is 0 Å². The van der Waals surface area contributed by atoms with Crippen LogP contribution in [0.15, 0.2) is 72.8 Å². The minimum absolute atomic E-state index is 0.142. The summed E-state index contributed by atoms with van der Waals surface area (Å²) >= 11 is 0. The maximum atomic E-state index is 12.5. The van der Waals surface area contributed by atoms with Gasteiger partial charge in [0.05, 0.1) is 37.4 Å². The largest absolute Gasteiger partial charge is 0.496 e. The molecular formula is C27H29N3O4. The predicted molar refractivity (Wildman–Crippen MR) is 132 cm³/mol. The highest BCUT2D eigenvalue weighted by Crippen LogP contribution is 2.26. The van der Waals surface area contributed by atoms with Gasteiger partial charge in [-0.2, -0.15) is 0 Å². The number of amides is 1. The molecule has 0 unspecified atom stereocenters. The molecule has 0 aliphatic heterocycles. The average molecular weight is 460 g/mol. The Balaban J connectivity index is 1.38. The third kappa shape index (κ3) is 5.31. The fourth-order valence-corrected chi connectivity index (χ4v) is 3.93. The Labute approximate surface area is 199 Å². The molecule has 0 saturated carbocycles. The van der Waals surface area contributed by atoms with Gasteiger partial charge < -0.3 is 24.1 Å². The van der Waals surface area contributed by atoms with Crippen LogP contribution in [0, 0.1) is 0 Å². The van der Waals surface area contributed by atoms with Crippen LogP contribution in [0.5, 0.6) is 17.2 Å². The Kier molecular flexibility index (Phi) is 7.65. The molecule has 1 aromatic heterocycles. The highest BCUT2D eigenvalue weighted by Gasteiger charge is 2.13. The van der Waals surface area contributed by atoms with E-state index in [1.807, 2.05) is 54.6 Å². The summed E-state index contributed by atoms with van der Waals surface area (Å²) in [7, 11) is 3.20. The molecule has 4 aromatic rings. The van der Waals surface area contributed by atoms with Crippen LogP contribution in [0.4, 0.5) is 0 Å². The minimum atomic E-state index is -0.142. The van der Waals surface area contributed by atoms with Crippen LogP contribution in [-0.2, 0) is 13.0 Å². The monoisotopic (exact) mass is 459 g/mol. The number of hydrogen-bond acceptors (Lipinski definition) is 5. The number of hydrogen-bond donors (Lipinski definition) is 1. The molecule has 1 amide bonds. The van der Waals surface area contributed by atoms with Gasteiger partial charge in [0.25, 0.3) is 5.91 Å². The summed E-state index contributed by atoms with van der Waals surface area (Å²) in [6.07, 6.45) is 1.49. The minimum Gasteiger partial charge on any atom is -0.496 e. The number of carbonyl (C=O) groups is 1. The van der Waals surface area contributed by atoms with Crippen molar-refractivity contribution in [2.45, 2.75) is 19.4 Å². The molecule has 0 spiro atoms. The van der Waals surface area contributed by atoms with Gasteiger partial charge >= 0.3 is 0 Å². The number of methoxy groups -OCH3 is 2. The smallest absolute Gasteiger partial charge is 0.255 e. The van der Waals surface area contributed by atoms with Crippen LogP contribution >= 0.6 is 0 Å². The molecule has 0 saturated heterocycles. The van der Waals surface area contributed by atoms with Gasteiger partial charge in [0.15, 0.2) is 11.5 Å². The zero-order valence-corrected chi connectivity index (χ0v) is 19.5. The number of benzene rings is 3. The summed E-state index contributed by atoms with van der Waals surface area (Å²) in [5.74, 6) is 2.82. The van der Waals surface area contributed by atoms with Gasteiger partial charge in [0, 0.05) is 13.0 Å². The topological polar surface area (TPSA) is 74.6 Å². The van der Waals surface area contributed by atoms with Gasteiger partial charge in [-0.15, -0.1) is 0 Å². The number of carbonyl (C=O) groups excluding carboxylic acids is 1. The quantitative estimate of drug-likeness (QED) is 0.335. The molecule has 1 N–H and O–H groups in total. The van der Waals surface area contributed by atoms with E-state index in [2.05, 4.69) is 16.0 Å². The Bertz CT molecular complexity index is 1250. The number of aromatic nitrogens is 2. The Morgan fingerprint density at radius 1 is 0.882 bits per heavy atom. The SMILES string of the molecule is COc1ccccc1OCCn1c(CCCNC(=O)c2ccccc2OC)nc2ccccc21. The standard InChI is InChI=1S/C27H29N3O4/c1-32-23-13-6-3-10-20(23)27(31)28-17-9-16-26-29-21-11-4-5-12-22(21)30(26)18-19-34-25-15-8-7-14-24(25)33-2/h3-8,10-15H,9,16-19H2,1-2H3,(H,28,31). The van der Waals surface area contributed by atoms with Crippen LogP contribution in [-0.4, -0.2) is 42.8 Å². The fraction of sp³-hybridized carbons (Fsp3) is 0.259. The number of para-hydroxylation sites is 5. The molecule has 0 radical (unpaired) electrons. The van der Waals surface area contributed by atoms with Gasteiger partial charge in [0.2, 0.25) is 0 Å². The maximum Gasteiger partial charge on any atom is 0.255 e. The maximum absolute atomic E-state index is 12.5. The molecule has 176 valence electrons.